The first kappa shape index (κ1) is 16.0. The Hall–Kier alpha value is -0.330. The fourth-order valence-corrected chi connectivity index (χ4v) is 4.79. The predicted molar refractivity (Wildman–Crippen MR) is 79.5 cm³/mol. The van der Waals surface area contributed by atoms with Crippen LogP contribution in [0.4, 0.5) is 0 Å². The highest BCUT2D eigenvalue weighted by Gasteiger charge is 2.30. The van der Waals surface area contributed by atoms with Gasteiger partial charge >= 0.3 is 0 Å². The Labute approximate surface area is 129 Å². The third kappa shape index (κ3) is 3.12. The summed E-state index contributed by atoms with van der Waals surface area (Å²) in [5.41, 5.74) is 0.232. The second kappa shape index (κ2) is 6.20. The van der Waals surface area contributed by atoms with Gasteiger partial charge in [-0.1, -0.05) is 36.5 Å². The number of halogens is 2. The Bertz CT molecular complexity index is 604. The highest BCUT2D eigenvalue weighted by molar-refractivity contribution is 7.89. The summed E-state index contributed by atoms with van der Waals surface area (Å²) in [6, 6.07) is 2.74. The Morgan fingerprint density at radius 2 is 2.05 bits per heavy atom. The van der Waals surface area contributed by atoms with E-state index < -0.39 is 16.6 Å². The van der Waals surface area contributed by atoms with Crippen molar-refractivity contribution in [3.05, 3.63) is 27.7 Å². The predicted octanol–water partition coefficient (Wildman–Crippen LogP) is 2.95. The molecule has 112 valence electrons. The van der Waals surface area contributed by atoms with Crippen LogP contribution in [0, 0.1) is 5.92 Å². The van der Waals surface area contributed by atoms with Crippen molar-refractivity contribution in [2.24, 2.45) is 5.92 Å². The van der Waals surface area contributed by atoms with Gasteiger partial charge in [0, 0.05) is 16.6 Å². The average Bonchev–Trinajstić information content (AvgIpc) is 2.74. The standard InChI is InChI=1S/C13H17Cl2NO3S/c1-8-3-2-4-11(8)16-20(18,19)12-6-5-10(14)9(7-17)13(12)15/h5-6,8,11,16-17H,2-4,7H2,1H3. The van der Waals surface area contributed by atoms with Gasteiger partial charge in [-0.05, 0) is 30.9 Å². The normalized spacial score (nSPS) is 23.2. The quantitative estimate of drug-likeness (QED) is 0.887. The van der Waals surface area contributed by atoms with Crippen LogP contribution in [0.15, 0.2) is 17.0 Å². The van der Waals surface area contributed by atoms with E-state index in [2.05, 4.69) is 4.72 Å². The lowest BCUT2D eigenvalue weighted by Gasteiger charge is -2.18. The molecule has 1 aromatic carbocycles. The molecule has 2 N–H and O–H groups in total. The number of aliphatic hydroxyl groups is 1. The van der Waals surface area contributed by atoms with Crippen LogP contribution >= 0.6 is 23.2 Å². The van der Waals surface area contributed by atoms with E-state index in [1.165, 1.54) is 12.1 Å². The molecule has 0 amide bonds. The van der Waals surface area contributed by atoms with E-state index >= 15 is 0 Å². The largest absolute Gasteiger partial charge is 0.392 e. The van der Waals surface area contributed by atoms with E-state index in [9.17, 15) is 13.5 Å². The highest BCUT2D eigenvalue weighted by atomic mass is 35.5. The fourth-order valence-electron chi connectivity index (χ4n) is 2.51. The average molecular weight is 338 g/mol. The van der Waals surface area contributed by atoms with Crippen molar-refractivity contribution in [1.82, 2.24) is 4.72 Å². The van der Waals surface area contributed by atoms with Crippen molar-refractivity contribution in [2.45, 2.75) is 43.7 Å². The van der Waals surface area contributed by atoms with Gasteiger partial charge in [0.1, 0.15) is 4.90 Å². The van der Waals surface area contributed by atoms with E-state index in [0.717, 1.165) is 19.3 Å². The third-order valence-electron chi connectivity index (χ3n) is 3.77. The van der Waals surface area contributed by atoms with Crippen molar-refractivity contribution >= 4 is 33.2 Å². The first-order valence-corrected chi connectivity index (χ1v) is 8.70. The van der Waals surface area contributed by atoms with Gasteiger partial charge in [-0.15, -0.1) is 0 Å². The molecule has 2 atom stereocenters. The van der Waals surface area contributed by atoms with Crippen LogP contribution < -0.4 is 4.72 Å². The van der Waals surface area contributed by atoms with E-state index in [0.29, 0.717) is 5.92 Å². The Morgan fingerprint density at radius 1 is 1.35 bits per heavy atom. The van der Waals surface area contributed by atoms with Gasteiger partial charge in [0.15, 0.2) is 0 Å². The zero-order valence-electron chi connectivity index (χ0n) is 11.1. The first-order chi connectivity index (χ1) is 9.36. The monoisotopic (exact) mass is 337 g/mol. The molecule has 0 bridgehead atoms. The molecule has 0 aromatic heterocycles. The van der Waals surface area contributed by atoms with Gasteiger partial charge < -0.3 is 5.11 Å². The van der Waals surface area contributed by atoms with Crippen molar-refractivity contribution in [3.8, 4) is 0 Å². The van der Waals surface area contributed by atoms with E-state index in [1.807, 2.05) is 6.92 Å². The summed E-state index contributed by atoms with van der Waals surface area (Å²) in [6.07, 6.45) is 2.87. The van der Waals surface area contributed by atoms with Crippen LogP contribution in [0.1, 0.15) is 31.7 Å². The molecule has 4 nitrogen and oxygen atoms in total. The van der Waals surface area contributed by atoms with Gasteiger partial charge in [0.25, 0.3) is 0 Å². The summed E-state index contributed by atoms with van der Waals surface area (Å²) in [7, 11) is -3.71. The summed E-state index contributed by atoms with van der Waals surface area (Å²) < 4.78 is 27.5. The number of rotatable bonds is 4. The molecule has 1 fully saturated rings. The van der Waals surface area contributed by atoms with Gasteiger partial charge in [-0.2, -0.15) is 0 Å². The maximum absolute atomic E-state index is 12.4. The number of benzene rings is 1. The molecule has 0 heterocycles. The minimum Gasteiger partial charge on any atom is -0.392 e. The molecular weight excluding hydrogens is 321 g/mol. The number of aliphatic hydroxyl groups excluding tert-OH is 1. The van der Waals surface area contributed by atoms with E-state index in [4.69, 9.17) is 23.2 Å². The summed E-state index contributed by atoms with van der Waals surface area (Å²) in [4.78, 5) is -0.0354. The Kier molecular flexibility index (Phi) is 4.97. The van der Waals surface area contributed by atoms with Gasteiger partial charge in [-0.3, -0.25) is 0 Å². The molecular formula is C13H17Cl2NO3S. The Balaban J connectivity index is 2.35. The zero-order chi connectivity index (χ0) is 14.9. The lowest BCUT2D eigenvalue weighted by Crippen LogP contribution is -2.36. The van der Waals surface area contributed by atoms with E-state index in [1.54, 1.807) is 0 Å². The van der Waals surface area contributed by atoms with Crippen molar-refractivity contribution in [2.75, 3.05) is 0 Å². The molecule has 20 heavy (non-hydrogen) atoms. The fraction of sp³-hybridized carbons (Fsp3) is 0.538. The minimum atomic E-state index is -3.71. The van der Waals surface area contributed by atoms with Crippen molar-refractivity contribution in [1.29, 1.82) is 0 Å². The van der Waals surface area contributed by atoms with Crippen molar-refractivity contribution in [3.63, 3.8) is 0 Å². The van der Waals surface area contributed by atoms with Gasteiger partial charge in [0.05, 0.1) is 11.6 Å². The molecule has 0 radical (unpaired) electrons. The summed E-state index contributed by atoms with van der Waals surface area (Å²) in [5, 5.41) is 9.47. The summed E-state index contributed by atoms with van der Waals surface area (Å²) in [5.74, 6) is 0.313. The molecule has 1 saturated carbocycles. The summed E-state index contributed by atoms with van der Waals surface area (Å²) >= 11 is 11.9. The lowest BCUT2D eigenvalue weighted by atomic mass is 10.1. The molecule has 1 aliphatic carbocycles. The molecule has 1 aliphatic rings. The molecule has 0 aliphatic heterocycles. The lowest BCUT2D eigenvalue weighted by molar-refractivity contribution is 0.281. The van der Waals surface area contributed by atoms with Gasteiger partial charge in [0.2, 0.25) is 10.0 Å². The highest BCUT2D eigenvalue weighted by Crippen LogP contribution is 2.32. The Morgan fingerprint density at radius 3 is 2.60 bits per heavy atom. The first-order valence-electron chi connectivity index (χ1n) is 6.47. The molecule has 0 spiro atoms. The number of sulfonamides is 1. The molecule has 2 rings (SSSR count). The maximum Gasteiger partial charge on any atom is 0.242 e. The molecule has 2 unspecified atom stereocenters. The minimum absolute atomic E-state index is 0.0156. The van der Waals surface area contributed by atoms with Crippen LogP contribution in [-0.4, -0.2) is 19.6 Å². The molecule has 0 saturated heterocycles. The molecule has 7 heteroatoms. The zero-order valence-corrected chi connectivity index (χ0v) is 13.4. The second-order valence-electron chi connectivity index (χ2n) is 5.13. The van der Waals surface area contributed by atoms with Gasteiger partial charge in [-0.25, -0.2) is 13.1 Å². The molecule has 1 aromatic rings. The van der Waals surface area contributed by atoms with E-state index in [-0.39, 0.29) is 26.5 Å². The van der Waals surface area contributed by atoms with Crippen LogP contribution in [0.3, 0.4) is 0 Å². The van der Waals surface area contributed by atoms with Crippen LogP contribution in [0.2, 0.25) is 10.0 Å². The van der Waals surface area contributed by atoms with Crippen molar-refractivity contribution < 1.29 is 13.5 Å². The van der Waals surface area contributed by atoms with Crippen LogP contribution in [0.25, 0.3) is 0 Å². The maximum atomic E-state index is 12.4. The SMILES string of the molecule is CC1CCCC1NS(=O)(=O)c1ccc(Cl)c(CO)c1Cl. The second-order valence-corrected chi connectivity index (χ2v) is 7.60. The number of hydrogen-bond donors (Lipinski definition) is 2. The summed E-state index contributed by atoms with van der Waals surface area (Å²) in [6.45, 7) is 1.63. The van der Waals surface area contributed by atoms with Crippen LogP contribution in [-0.2, 0) is 16.6 Å². The third-order valence-corrected chi connectivity index (χ3v) is 6.20. The topological polar surface area (TPSA) is 66.4 Å². The smallest absolute Gasteiger partial charge is 0.242 e. The number of nitrogens with one attached hydrogen (secondary N) is 1. The number of hydrogen-bond acceptors (Lipinski definition) is 3. The van der Waals surface area contributed by atoms with Crippen LogP contribution in [0.5, 0.6) is 0 Å².